The van der Waals surface area contributed by atoms with Gasteiger partial charge < -0.3 is 16.4 Å². The second-order valence-electron chi connectivity index (χ2n) is 4.58. The molecule has 104 valence electrons. The van der Waals surface area contributed by atoms with E-state index in [-0.39, 0.29) is 24.3 Å². The van der Waals surface area contributed by atoms with Gasteiger partial charge in [-0.1, -0.05) is 37.3 Å². The van der Waals surface area contributed by atoms with Gasteiger partial charge in [0, 0.05) is 13.0 Å². The molecular weight excluding hydrogens is 242 g/mol. The normalized spacial score (nSPS) is 11.7. The van der Waals surface area contributed by atoms with E-state index in [0.717, 1.165) is 5.56 Å². The Hall–Kier alpha value is -1.88. The number of nitrogens with one attached hydrogen (secondary N) is 2. The topological polar surface area (TPSA) is 84.2 Å². The Kier molecular flexibility index (Phi) is 6.60. The first kappa shape index (κ1) is 15.2. The number of rotatable bonds is 7. The van der Waals surface area contributed by atoms with Gasteiger partial charge in [-0.15, -0.1) is 0 Å². The molecule has 0 aliphatic rings. The molecule has 0 saturated heterocycles. The standard InChI is InChI=1S/C14H21N3O2/c1-11(8-15)7-13(18)17-10-14(19)16-9-12-5-3-2-4-6-12/h2-6,11H,7-10,15H2,1H3,(H,16,19)(H,17,18). The highest BCUT2D eigenvalue weighted by Gasteiger charge is 2.08. The van der Waals surface area contributed by atoms with E-state index in [1.54, 1.807) is 0 Å². The molecule has 5 nitrogen and oxygen atoms in total. The van der Waals surface area contributed by atoms with Gasteiger partial charge in [-0.05, 0) is 18.0 Å². The van der Waals surface area contributed by atoms with E-state index in [9.17, 15) is 9.59 Å². The van der Waals surface area contributed by atoms with E-state index in [1.165, 1.54) is 0 Å². The van der Waals surface area contributed by atoms with Crippen molar-refractivity contribution in [1.82, 2.24) is 10.6 Å². The summed E-state index contributed by atoms with van der Waals surface area (Å²) in [4.78, 5) is 23.0. The van der Waals surface area contributed by atoms with Crippen LogP contribution in [-0.4, -0.2) is 24.9 Å². The fraction of sp³-hybridized carbons (Fsp3) is 0.429. The number of benzene rings is 1. The number of hydrogen-bond acceptors (Lipinski definition) is 3. The summed E-state index contributed by atoms with van der Waals surface area (Å²) in [6, 6.07) is 9.61. The molecule has 19 heavy (non-hydrogen) atoms. The van der Waals surface area contributed by atoms with Gasteiger partial charge in [0.15, 0.2) is 0 Å². The third-order valence-electron chi connectivity index (χ3n) is 2.71. The summed E-state index contributed by atoms with van der Waals surface area (Å²) in [6.45, 7) is 2.83. The van der Waals surface area contributed by atoms with Crippen molar-refractivity contribution in [2.24, 2.45) is 11.7 Å². The summed E-state index contributed by atoms with van der Waals surface area (Å²) in [7, 11) is 0. The lowest BCUT2D eigenvalue weighted by atomic mass is 10.1. The predicted octanol–water partition coefficient (Wildman–Crippen LogP) is 0.404. The maximum absolute atomic E-state index is 11.5. The molecule has 1 aromatic rings. The first-order valence-corrected chi connectivity index (χ1v) is 6.39. The quantitative estimate of drug-likeness (QED) is 0.666. The zero-order valence-corrected chi connectivity index (χ0v) is 11.2. The summed E-state index contributed by atoms with van der Waals surface area (Å²) in [5.41, 5.74) is 6.46. The van der Waals surface area contributed by atoms with Gasteiger partial charge in [-0.25, -0.2) is 0 Å². The van der Waals surface area contributed by atoms with E-state index in [0.29, 0.717) is 19.5 Å². The van der Waals surface area contributed by atoms with Crippen LogP contribution in [0.3, 0.4) is 0 Å². The summed E-state index contributed by atoms with van der Waals surface area (Å²) < 4.78 is 0. The molecule has 0 saturated carbocycles. The molecule has 0 fully saturated rings. The lowest BCUT2D eigenvalue weighted by Gasteiger charge is -2.09. The third-order valence-corrected chi connectivity index (χ3v) is 2.71. The fourth-order valence-electron chi connectivity index (χ4n) is 1.51. The molecule has 1 atom stereocenters. The number of hydrogen-bond donors (Lipinski definition) is 3. The number of amides is 2. The molecule has 0 aliphatic carbocycles. The molecule has 0 heterocycles. The minimum atomic E-state index is -0.197. The van der Waals surface area contributed by atoms with Gasteiger partial charge in [0.2, 0.25) is 11.8 Å². The van der Waals surface area contributed by atoms with E-state index in [1.807, 2.05) is 37.3 Å². The maximum atomic E-state index is 11.5. The Balaban J connectivity index is 2.19. The van der Waals surface area contributed by atoms with Crippen LogP contribution in [0.4, 0.5) is 0 Å². The summed E-state index contributed by atoms with van der Waals surface area (Å²) in [5, 5.41) is 5.32. The Labute approximate surface area is 113 Å². The fourth-order valence-corrected chi connectivity index (χ4v) is 1.51. The molecule has 1 aromatic carbocycles. The Morgan fingerprint density at radius 1 is 1.16 bits per heavy atom. The molecule has 0 radical (unpaired) electrons. The van der Waals surface area contributed by atoms with Crippen molar-refractivity contribution in [3.8, 4) is 0 Å². The van der Waals surface area contributed by atoms with Gasteiger partial charge in [-0.2, -0.15) is 0 Å². The first-order valence-electron chi connectivity index (χ1n) is 6.39. The minimum Gasteiger partial charge on any atom is -0.350 e. The van der Waals surface area contributed by atoms with Gasteiger partial charge >= 0.3 is 0 Å². The van der Waals surface area contributed by atoms with Crippen LogP contribution in [0.15, 0.2) is 30.3 Å². The molecule has 0 aromatic heterocycles. The monoisotopic (exact) mass is 263 g/mol. The van der Waals surface area contributed by atoms with Crippen LogP contribution in [-0.2, 0) is 16.1 Å². The van der Waals surface area contributed by atoms with Crippen molar-refractivity contribution in [3.63, 3.8) is 0 Å². The largest absolute Gasteiger partial charge is 0.350 e. The molecule has 1 rings (SSSR count). The zero-order valence-electron chi connectivity index (χ0n) is 11.2. The van der Waals surface area contributed by atoms with Crippen molar-refractivity contribution in [2.45, 2.75) is 19.9 Å². The smallest absolute Gasteiger partial charge is 0.239 e. The van der Waals surface area contributed by atoms with Crippen LogP contribution < -0.4 is 16.4 Å². The zero-order chi connectivity index (χ0) is 14.1. The average Bonchev–Trinajstić information content (AvgIpc) is 2.43. The van der Waals surface area contributed by atoms with Crippen molar-refractivity contribution in [2.75, 3.05) is 13.1 Å². The van der Waals surface area contributed by atoms with Crippen molar-refractivity contribution in [1.29, 1.82) is 0 Å². The highest BCUT2D eigenvalue weighted by Crippen LogP contribution is 1.98. The summed E-state index contributed by atoms with van der Waals surface area (Å²) in [6.07, 6.45) is 0.350. The van der Waals surface area contributed by atoms with Crippen molar-refractivity contribution >= 4 is 11.8 Å². The molecule has 4 N–H and O–H groups in total. The molecule has 0 aliphatic heterocycles. The molecule has 0 bridgehead atoms. The SMILES string of the molecule is CC(CN)CC(=O)NCC(=O)NCc1ccccc1. The van der Waals surface area contributed by atoms with Crippen LogP contribution >= 0.6 is 0 Å². The Morgan fingerprint density at radius 3 is 2.47 bits per heavy atom. The first-order chi connectivity index (χ1) is 9.11. The molecular formula is C14H21N3O2. The second kappa shape index (κ2) is 8.26. The van der Waals surface area contributed by atoms with Crippen LogP contribution in [0.25, 0.3) is 0 Å². The van der Waals surface area contributed by atoms with Crippen LogP contribution in [0.5, 0.6) is 0 Å². The predicted molar refractivity (Wildman–Crippen MR) is 74.1 cm³/mol. The van der Waals surface area contributed by atoms with E-state index >= 15 is 0 Å². The van der Waals surface area contributed by atoms with Crippen molar-refractivity contribution in [3.05, 3.63) is 35.9 Å². The van der Waals surface area contributed by atoms with Gasteiger partial charge in [-0.3, -0.25) is 9.59 Å². The van der Waals surface area contributed by atoms with Gasteiger partial charge in [0.1, 0.15) is 0 Å². The van der Waals surface area contributed by atoms with Crippen LogP contribution in [0, 0.1) is 5.92 Å². The van der Waals surface area contributed by atoms with Gasteiger partial charge in [0.25, 0.3) is 0 Å². The highest BCUT2D eigenvalue weighted by atomic mass is 16.2. The van der Waals surface area contributed by atoms with E-state index in [4.69, 9.17) is 5.73 Å². The maximum Gasteiger partial charge on any atom is 0.239 e. The number of carbonyl (C=O) groups is 2. The summed E-state index contributed by atoms with van der Waals surface area (Å²) >= 11 is 0. The molecule has 0 spiro atoms. The summed E-state index contributed by atoms with van der Waals surface area (Å²) in [5.74, 6) is -0.210. The minimum absolute atomic E-state index is 0.00293. The molecule has 2 amide bonds. The Bertz CT molecular complexity index is 406. The van der Waals surface area contributed by atoms with Crippen LogP contribution in [0.1, 0.15) is 18.9 Å². The number of carbonyl (C=O) groups excluding carboxylic acids is 2. The third kappa shape index (κ3) is 6.57. The average molecular weight is 263 g/mol. The van der Waals surface area contributed by atoms with Crippen LogP contribution in [0.2, 0.25) is 0 Å². The second-order valence-corrected chi connectivity index (χ2v) is 4.58. The molecule has 5 heteroatoms. The molecule has 1 unspecified atom stereocenters. The van der Waals surface area contributed by atoms with Gasteiger partial charge in [0.05, 0.1) is 6.54 Å². The van der Waals surface area contributed by atoms with Crippen molar-refractivity contribution < 1.29 is 9.59 Å². The number of nitrogens with two attached hydrogens (primary N) is 1. The lowest BCUT2D eigenvalue weighted by molar-refractivity contribution is -0.126. The Morgan fingerprint density at radius 2 is 1.84 bits per heavy atom. The van der Waals surface area contributed by atoms with E-state index in [2.05, 4.69) is 10.6 Å². The highest BCUT2D eigenvalue weighted by molar-refractivity contribution is 5.84. The lowest BCUT2D eigenvalue weighted by Crippen LogP contribution is -2.37. The van der Waals surface area contributed by atoms with E-state index < -0.39 is 0 Å².